The monoisotopic (exact) mass is 2100 g/mol. The number of nitrogens with one attached hydrogen (secondary N) is 15. The quantitative estimate of drug-likeness (QED) is 0.0270. The minimum absolute atomic E-state index is 0.00116. The highest BCUT2D eigenvalue weighted by Crippen LogP contribution is 2.44. The Hall–Kier alpha value is -2.83. The van der Waals surface area contributed by atoms with Gasteiger partial charge in [0.2, 0.25) is 118 Å². The molecule has 1 aliphatic rings. The van der Waals surface area contributed by atoms with Crippen LogP contribution in [-0.2, 0) is 115 Å². The molecule has 0 spiro atoms. The summed E-state index contributed by atoms with van der Waals surface area (Å²) >= 11 is 0. The first-order valence-electron chi connectivity index (χ1n) is 45.6. The van der Waals surface area contributed by atoms with E-state index in [2.05, 4.69) is 87.7 Å². The molecule has 0 aliphatic heterocycles. The zero-order valence-corrected chi connectivity index (χ0v) is 97.6. The van der Waals surface area contributed by atoms with Gasteiger partial charge in [0.25, 0.3) is 0 Å². The molecule has 1 saturated carbocycles. The average Bonchev–Trinajstić information content (AvgIpc) is 1.66. The number of rotatable bonds is 46. The number of hydrogen-bond donors (Lipinski definition) is 15. The number of carbonyl (C=O) groups is 3. The van der Waals surface area contributed by atoms with Gasteiger partial charge in [-0.25, -0.2) is 131 Å². The van der Waals surface area contributed by atoms with Gasteiger partial charge >= 0.3 is 0 Å². The van der Waals surface area contributed by atoms with Crippen LogP contribution in [-0.4, -0.2) is 238 Å². The predicted octanol–water partition coefficient (Wildman–Crippen LogP) is 9.09. The van der Waals surface area contributed by atoms with Gasteiger partial charge in [-0.2, -0.15) is 0 Å². The van der Waals surface area contributed by atoms with Crippen molar-refractivity contribution in [3.05, 3.63) is 11.5 Å². The first-order chi connectivity index (χ1) is 58.5. The molecule has 1 aliphatic carbocycles. The average molecular weight is 2100 g/mol. The van der Waals surface area contributed by atoms with Crippen molar-refractivity contribution in [2.45, 2.75) is 413 Å². The van der Waals surface area contributed by atoms with Crippen LogP contribution in [0.25, 0.3) is 0 Å². The highest BCUT2D eigenvalue weighted by molar-refractivity contribution is 7.93. The highest BCUT2D eigenvalue weighted by Gasteiger charge is 2.44. The maximum absolute atomic E-state index is 11.4. The summed E-state index contributed by atoms with van der Waals surface area (Å²) in [6, 6.07) is -0.0654. The molecule has 2 unspecified atom stereocenters. The molecule has 0 aromatic heterocycles. The Bertz CT molecular complexity index is 4180. The standard InChI is InChI=1S/C10H19NO.C9H19NO2S.2C8H18N2O3S.C8H20N2O2S.C8H19NO2S.C7H18N2O2S.2C7H17NO2S.2C6H15NO2S/c1-6(2)8-5-9(8)10(12)11-7(3)4;1-8(2)10-13(11,12)7-6-9(3,4)5;1-6(2)8(11)9-5-14(12,13)10-7(3)4;1-6(2)9-8(11)5-14(12,13)10-7(3)4;1-7(2)5-9-6-13(11,12)10-8(3)4;1-7(2)5-6-12(10,11)9-8(3)4;1-6(2)8-5-12(10,11)9-7(3)4;1-6(2)5-11(9,10)8-7(3)4;1-6(2)5-8-11(9,10)7(3)4;2*1-5(2)7-10(8,9)6(3)4/h6-9H,5H2,1-4H3,(H,11,12);6-8,10H,1-5H3;2*6-7,10H,5H2,1-4H3,(H,9,11);7-10H,5-6H2,1-4H3;7-9H,5-6H2,1-4H3;6-9H,5H2,1-4H3;2*6-8H,5H2,1-4H3;2*5-7H,1-4H3/b;7-6+;;;;;;;;;. The fourth-order valence-electron chi connectivity index (χ4n) is 8.61. The SMILES string of the molecule is CC(C)CCS(=O)(=O)NC(C)C.CC(C)CNCS(=O)(=O)NC(C)C.CC(C)CNS(=O)(=O)C(C)C.CC(C)CS(=O)(=O)NC(C)C.CC(C)NC(=O)C1CC1C(C)C.CC(C)NC(=O)CS(=O)(=O)NC(C)C.CC(C)NCS(=O)(=O)NC(C)C.CC(C)NS(=O)(=O)/C=C/C(C)(C)C.CC(C)NS(=O)(=O)C(C)C.CC(C)NS(=O)(=O)C(C)C.CC(C)NS(=O)(=O)CNC(=O)C(C)C. The number of carbonyl (C=O) groups excluding carboxylic acids is 3. The van der Waals surface area contributed by atoms with Crippen LogP contribution < -0.4 is 73.8 Å². The third-order valence-corrected chi connectivity index (χ3v) is 30.6. The minimum Gasteiger partial charge on any atom is -0.354 e. The summed E-state index contributed by atoms with van der Waals surface area (Å²) in [5, 5.41) is 13.7. The van der Waals surface area contributed by atoms with Crippen molar-refractivity contribution in [1.82, 2.24) is 73.8 Å². The second kappa shape index (κ2) is 73.3. The number of sulfonamides is 10. The van der Waals surface area contributed by atoms with Crippen LogP contribution in [0.4, 0.5) is 0 Å². The first-order valence-corrected chi connectivity index (χ1v) is 61.7. The molecule has 0 radical (unpaired) electrons. The van der Waals surface area contributed by atoms with Crippen LogP contribution in [0.1, 0.15) is 324 Å². The molecule has 1 rings (SSSR count). The lowest BCUT2D eigenvalue weighted by atomic mass is 9.98. The van der Waals surface area contributed by atoms with E-state index in [-0.39, 0.29) is 146 Å². The van der Waals surface area contributed by atoms with Gasteiger partial charge in [0, 0.05) is 96.3 Å². The lowest BCUT2D eigenvalue weighted by Gasteiger charge is -2.12. The van der Waals surface area contributed by atoms with E-state index in [0.29, 0.717) is 42.1 Å². The van der Waals surface area contributed by atoms with E-state index in [1.165, 1.54) is 5.41 Å². The third kappa shape index (κ3) is 112. The predicted molar refractivity (Wildman–Crippen MR) is 551 cm³/mol. The molecule has 0 saturated heterocycles. The molecule has 48 heteroatoms. The minimum atomic E-state index is -3.49. The lowest BCUT2D eigenvalue weighted by molar-refractivity contribution is -0.124. The van der Waals surface area contributed by atoms with Gasteiger partial charge in [-0.05, 0) is 268 Å². The van der Waals surface area contributed by atoms with Crippen molar-refractivity contribution in [2.75, 3.05) is 48.0 Å². The second-order valence-corrected chi connectivity index (χ2v) is 59.1. The van der Waals surface area contributed by atoms with E-state index in [0.717, 1.165) is 19.4 Å². The van der Waals surface area contributed by atoms with E-state index in [1.54, 1.807) is 172 Å². The second-order valence-electron chi connectivity index (χ2n) is 39.9. The number of amides is 3. The van der Waals surface area contributed by atoms with Gasteiger partial charge in [0.05, 0.1) is 27.3 Å². The fourth-order valence-corrected chi connectivity index (χ4v) is 20.9. The molecule has 0 bridgehead atoms. The van der Waals surface area contributed by atoms with Gasteiger partial charge < -0.3 is 26.6 Å². The zero-order valence-electron chi connectivity index (χ0n) is 89.5. The summed E-state index contributed by atoms with van der Waals surface area (Å²) in [5.74, 6) is 1.95. The summed E-state index contributed by atoms with van der Waals surface area (Å²) in [6.45, 7) is 84.3. The Morgan fingerprint density at radius 1 is 0.333 bits per heavy atom. The van der Waals surface area contributed by atoms with E-state index in [9.17, 15) is 98.6 Å². The Balaban J connectivity index is -0.000000155. The Kier molecular flexibility index (Phi) is 83.0. The third-order valence-electron chi connectivity index (χ3n) is 14.2. The molecule has 0 aromatic carbocycles. The molecule has 15 N–H and O–H groups in total. The van der Waals surface area contributed by atoms with Crippen LogP contribution in [0.15, 0.2) is 11.5 Å². The van der Waals surface area contributed by atoms with Gasteiger partial charge in [0.1, 0.15) is 23.4 Å². The maximum atomic E-state index is 11.4. The van der Waals surface area contributed by atoms with Crippen molar-refractivity contribution >= 4 is 118 Å². The normalized spacial score (nSPS) is 14.2. The van der Waals surface area contributed by atoms with Gasteiger partial charge in [-0.1, -0.05) is 110 Å². The lowest BCUT2D eigenvalue weighted by Crippen LogP contribution is -2.41. The molecule has 3 amide bonds. The number of allylic oxidation sites excluding steroid dienone is 1. The van der Waals surface area contributed by atoms with Crippen molar-refractivity contribution in [2.24, 2.45) is 52.8 Å². The topological polar surface area (TPSA) is 573 Å². The van der Waals surface area contributed by atoms with E-state index < -0.39 is 112 Å². The summed E-state index contributed by atoms with van der Waals surface area (Å²) in [7, 11) is -31.6. The fraction of sp³-hybridized carbons (Fsp3) is 0.940. The molecule has 804 valence electrons. The summed E-state index contributed by atoms with van der Waals surface area (Å²) in [5.41, 5.74) is -0.105. The van der Waals surface area contributed by atoms with Gasteiger partial charge in [-0.15, -0.1) is 0 Å². The van der Waals surface area contributed by atoms with Crippen molar-refractivity contribution in [3.8, 4) is 0 Å². The summed E-state index contributed by atoms with van der Waals surface area (Å²) in [4.78, 5) is 33.6. The highest BCUT2D eigenvalue weighted by atomic mass is 32.2. The van der Waals surface area contributed by atoms with Crippen molar-refractivity contribution in [3.63, 3.8) is 0 Å². The first kappa shape index (κ1) is 149. The summed E-state index contributed by atoms with van der Waals surface area (Å²) < 4.78 is 248. The van der Waals surface area contributed by atoms with Crippen LogP contribution >= 0.6 is 0 Å². The Morgan fingerprint density at radius 3 is 0.932 bits per heavy atom. The molecule has 2 atom stereocenters. The smallest absolute Gasteiger partial charge is 0.236 e. The number of hydrogen-bond acceptors (Lipinski definition) is 25. The molecular formula is C84H195N15O23S10. The van der Waals surface area contributed by atoms with Crippen LogP contribution in [0.3, 0.4) is 0 Å². The van der Waals surface area contributed by atoms with E-state index in [4.69, 9.17) is 0 Å². The largest absolute Gasteiger partial charge is 0.354 e. The van der Waals surface area contributed by atoms with Crippen molar-refractivity contribution < 1.29 is 98.6 Å². The molecule has 132 heavy (non-hydrogen) atoms. The summed E-state index contributed by atoms with van der Waals surface area (Å²) in [6.07, 6.45) is 3.50. The Morgan fingerprint density at radius 2 is 0.659 bits per heavy atom. The van der Waals surface area contributed by atoms with Gasteiger partial charge in [-0.3, -0.25) is 14.4 Å². The zero-order chi connectivity index (χ0) is 108. The van der Waals surface area contributed by atoms with Gasteiger partial charge in [0.15, 0.2) is 0 Å². The Labute approximate surface area is 809 Å². The van der Waals surface area contributed by atoms with Crippen LogP contribution in [0, 0.1) is 52.8 Å². The van der Waals surface area contributed by atoms with E-state index in [1.807, 2.05) is 132 Å². The van der Waals surface area contributed by atoms with E-state index >= 15 is 0 Å². The molecule has 0 heterocycles. The molecular weight excluding hydrogens is 1910 g/mol. The molecule has 0 aromatic rings. The molecule has 1 fully saturated rings. The van der Waals surface area contributed by atoms with Crippen molar-refractivity contribution in [1.29, 1.82) is 0 Å². The van der Waals surface area contributed by atoms with Crippen LogP contribution in [0.5, 0.6) is 0 Å². The maximum Gasteiger partial charge on any atom is 0.236 e. The molecule has 38 nitrogen and oxygen atoms in total. The van der Waals surface area contributed by atoms with Crippen LogP contribution in [0.2, 0.25) is 0 Å².